The maximum atomic E-state index is 13.0. The van der Waals surface area contributed by atoms with Crippen molar-refractivity contribution in [1.29, 1.82) is 0 Å². The number of carboxylic acids is 1. The first kappa shape index (κ1) is 23.5. The predicted octanol–water partition coefficient (Wildman–Crippen LogP) is 3.49. The van der Waals surface area contributed by atoms with Crippen LogP contribution < -0.4 is 9.62 Å². The SMILES string of the molecule is CCN(C(=O)CCC(NS(=O)(=O)c1ccc2oc3ccccc3c2c1)C(=O)O)c1cccn1C. The van der Waals surface area contributed by atoms with Crippen LogP contribution in [0.5, 0.6) is 0 Å². The number of rotatable bonds is 9. The summed E-state index contributed by atoms with van der Waals surface area (Å²) in [5.74, 6) is -0.963. The van der Waals surface area contributed by atoms with E-state index in [1.807, 2.05) is 25.1 Å². The van der Waals surface area contributed by atoms with E-state index in [9.17, 15) is 23.1 Å². The van der Waals surface area contributed by atoms with Gasteiger partial charge < -0.3 is 14.1 Å². The molecule has 2 aromatic heterocycles. The number of carbonyl (C=O) groups excluding carboxylic acids is 1. The smallest absolute Gasteiger partial charge is 0.321 e. The molecule has 2 N–H and O–H groups in total. The van der Waals surface area contributed by atoms with Crippen molar-refractivity contribution in [2.45, 2.75) is 30.7 Å². The Morgan fingerprint density at radius 1 is 1.09 bits per heavy atom. The third-order valence-corrected chi connectivity index (χ3v) is 7.18. The fourth-order valence-corrected chi connectivity index (χ4v) is 5.21. The van der Waals surface area contributed by atoms with Gasteiger partial charge in [0.05, 0.1) is 4.90 Å². The molecule has 0 aliphatic rings. The van der Waals surface area contributed by atoms with E-state index in [1.54, 1.807) is 42.1 Å². The van der Waals surface area contributed by atoms with Gasteiger partial charge >= 0.3 is 5.97 Å². The Morgan fingerprint density at radius 2 is 1.82 bits per heavy atom. The summed E-state index contributed by atoms with van der Waals surface area (Å²) in [5, 5.41) is 11.0. The Kier molecular flexibility index (Phi) is 6.45. The number of hydrogen-bond acceptors (Lipinski definition) is 5. The number of furan rings is 1. The van der Waals surface area contributed by atoms with Crippen LogP contribution in [0.4, 0.5) is 5.82 Å². The number of benzene rings is 2. The Morgan fingerprint density at radius 3 is 2.50 bits per heavy atom. The van der Waals surface area contributed by atoms with Crippen molar-refractivity contribution in [2.75, 3.05) is 11.4 Å². The Labute approximate surface area is 196 Å². The number of anilines is 1. The molecule has 0 saturated heterocycles. The largest absolute Gasteiger partial charge is 0.480 e. The van der Waals surface area contributed by atoms with Crippen molar-refractivity contribution in [3.8, 4) is 0 Å². The quantitative estimate of drug-likeness (QED) is 0.376. The number of carbonyl (C=O) groups is 2. The molecule has 1 unspecified atom stereocenters. The fourth-order valence-electron chi connectivity index (χ4n) is 3.96. The lowest BCUT2D eigenvalue weighted by Gasteiger charge is -2.22. The summed E-state index contributed by atoms with van der Waals surface area (Å²) in [5.41, 5.74) is 1.15. The van der Waals surface area contributed by atoms with E-state index in [-0.39, 0.29) is 23.6 Å². The van der Waals surface area contributed by atoms with Gasteiger partial charge in [0.2, 0.25) is 15.9 Å². The zero-order valence-electron chi connectivity index (χ0n) is 18.8. The number of para-hydroxylation sites is 1. The third-order valence-electron chi connectivity index (χ3n) is 5.71. The average molecular weight is 484 g/mol. The molecule has 2 heterocycles. The van der Waals surface area contributed by atoms with Crippen LogP contribution in [-0.2, 0) is 26.7 Å². The lowest BCUT2D eigenvalue weighted by molar-refractivity contribution is -0.139. The molecule has 1 amide bonds. The van der Waals surface area contributed by atoms with Crippen LogP contribution in [0.3, 0.4) is 0 Å². The van der Waals surface area contributed by atoms with E-state index < -0.39 is 22.0 Å². The Bertz CT molecular complexity index is 1470. The summed E-state index contributed by atoms with van der Waals surface area (Å²) in [6.07, 6.45) is 1.48. The fraction of sp³-hybridized carbons (Fsp3) is 0.250. The lowest BCUT2D eigenvalue weighted by atomic mass is 10.1. The normalized spacial score (nSPS) is 12.8. The van der Waals surface area contributed by atoms with Gasteiger partial charge in [0.25, 0.3) is 0 Å². The molecule has 0 bridgehead atoms. The van der Waals surface area contributed by atoms with Crippen molar-refractivity contribution >= 4 is 49.7 Å². The van der Waals surface area contributed by atoms with E-state index in [0.29, 0.717) is 28.9 Å². The molecule has 9 nitrogen and oxygen atoms in total. The van der Waals surface area contributed by atoms with Crippen molar-refractivity contribution < 1.29 is 27.5 Å². The van der Waals surface area contributed by atoms with Crippen molar-refractivity contribution in [1.82, 2.24) is 9.29 Å². The van der Waals surface area contributed by atoms with E-state index in [0.717, 1.165) is 5.39 Å². The standard InChI is InChI=1S/C24H25N3O6S/c1-3-27(22-9-6-14-26(22)2)23(28)13-11-19(24(29)30)25-34(31,32)16-10-12-21-18(15-16)17-7-4-5-8-20(17)33-21/h4-10,12,14-15,19,25H,3,11,13H2,1-2H3,(H,29,30). The van der Waals surface area contributed by atoms with E-state index in [1.165, 1.54) is 17.0 Å². The van der Waals surface area contributed by atoms with Crippen LogP contribution in [0.15, 0.2) is 70.1 Å². The molecule has 34 heavy (non-hydrogen) atoms. The van der Waals surface area contributed by atoms with Gasteiger partial charge in [-0.2, -0.15) is 4.72 Å². The summed E-state index contributed by atoms with van der Waals surface area (Å²) in [6.45, 7) is 2.22. The van der Waals surface area contributed by atoms with Gasteiger partial charge in [0.15, 0.2) is 0 Å². The summed E-state index contributed by atoms with van der Waals surface area (Å²) >= 11 is 0. The van der Waals surface area contributed by atoms with Gasteiger partial charge in [-0.15, -0.1) is 0 Å². The van der Waals surface area contributed by atoms with E-state index in [2.05, 4.69) is 4.72 Å². The topological polar surface area (TPSA) is 122 Å². The molecule has 4 rings (SSSR count). The summed E-state index contributed by atoms with van der Waals surface area (Å²) in [7, 11) is -2.36. The molecular weight excluding hydrogens is 458 g/mol. The van der Waals surface area contributed by atoms with E-state index in [4.69, 9.17) is 4.42 Å². The number of nitrogens with one attached hydrogen (secondary N) is 1. The second-order valence-corrected chi connectivity index (χ2v) is 9.64. The van der Waals surface area contributed by atoms with Gasteiger partial charge in [-0.25, -0.2) is 8.42 Å². The lowest BCUT2D eigenvalue weighted by Crippen LogP contribution is -2.42. The first-order valence-corrected chi connectivity index (χ1v) is 12.3. The van der Waals surface area contributed by atoms with Gasteiger partial charge in [0.1, 0.15) is 23.0 Å². The maximum absolute atomic E-state index is 13.0. The number of hydrogen-bond donors (Lipinski definition) is 2. The summed E-state index contributed by atoms with van der Waals surface area (Å²) in [4.78, 5) is 26.0. The van der Waals surface area contributed by atoms with Crippen LogP contribution >= 0.6 is 0 Å². The molecule has 0 radical (unpaired) electrons. The monoisotopic (exact) mass is 483 g/mol. The van der Waals surface area contributed by atoms with Crippen LogP contribution in [0.1, 0.15) is 19.8 Å². The average Bonchev–Trinajstić information content (AvgIpc) is 3.40. The Balaban J connectivity index is 1.52. The van der Waals surface area contributed by atoms with Crippen molar-refractivity contribution in [3.63, 3.8) is 0 Å². The van der Waals surface area contributed by atoms with Gasteiger partial charge in [0, 0.05) is 37.0 Å². The molecule has 178 valence electrons. The number of aryl methyl sites for hydroxylation is 1. The molecular formula is C24H25N3O6S. The molecule has 1 atom stereocenters. The highest BCUT2D eigenvalue weighted by atomic mass is 32.2. The third kappa shape index (κ3) is 4.55. The van der Waals surface area contributed by atoms with Crippen molar-refractivity contribution in [3.05, 3.63) is 60.8 Å². The van der Waals surface area contributed by atoms with Crippen molar-refractivity contribution in [2.24, 2.45) is 7.05 Å². The van der Waals surface area contributed by atoms with Gasteiger partial charge in [-0.3, -0.25) is 14.5 Å². The van der Waals surface area contributed by atoms with Gasteiger partial charge in [-0.1, -0.05) is 18.2 Å². The summed E-state index contributed by atoms with van der Waals surface area (Å²) in [6, 6.07) is 13.8. The highest BCUT2D eigenvalue weighted by Crippen LogP contribution is 2.30. The second-order valence-electron chi connectivity index (χ2n) is 7.92. The Hall–Kier alpha value is -3.63. The summed E-state index contributed by atoms with van der Waals surface area (Å²) < 4.78 is 35.8. The highest BCUT2D eigenvalue weighted by Gasteiger charge is 2.28. The minimum atomic E-state index is -4.17. The molecule has 2 aromatic carbocycles. The second kappa shape index (κ2) is 9.32. The molecule has 0 saturated carbocycles. The first-order valence-electron chi connectivity index (χ1n) is 10.8. The number of carboxylic acid groups (broad SMARTS) is 1. The molecule has 0 spiro atoms. The van der Waals surface area contributed by atoms with Crippen LogP contribution in [0.2, 0.25) is 0 Å². The van der Waals surface area contributed by atoms with Crippen LogP contribution in [-0.4, -0.2) is 42.6 Å². The molecule has 0 aliphatic carbocycles. The maximum Gasteiger partial charge on any atom is 0.321 e. The number of fused-ring (bicyclic) bond motifs is 3. The highest BCUT2D eigenvalue weighted by molar-refractivity contribution is 7.89. The zero-order valence-corrected chi connectivity index (χ0v) is 19.6. The molecule has 4 aromatic rings. The number of aliphatic carboxylic acids is 1. The number of aromatic nitrogens is 1. The van der Waals surface area contributed by atoms with Crippen LogP contribution in [0, 0.1) is 0 Å². The first-order chi connectivity index (χ1) is 16.2. The predicted molar refractivity (Wildman–Crippen MR) is 128 cm³/mol. The zero-order chi connectivity index (χ0) is 24.5. The number of amides is 1. The van der Waals surface area contributed by atoms with Gasteiger partial charge in [-0.05, 0) is 49.7 Å². The molecule has 0 fully saturated rings. The van der Waals surface area contributed by atoms with E-state index >= 15 is 0 Å². The molecule has 10 heteroatoms. The molecule has 0 aliphatic heterocycles. The van der Waals surface area contributed by atoms with Crippen LogP contribution in [0.25, 0.3) is 21.9 Å². The number of nitrogens with zero attached hydrogens (tertiary/aromatic N) is 2. The minimum Gasteiger partial charge on any atom is -0.480 e. The number of sulfonamides is 1. The minimum absolute atomic E-state index is 0.0804.